The van der Waals surface area contributed by atoms with E-state index in [2.05, 4.69) is 20.9 Å². The van der Waals surface area contributed by atoms with Gasteiger partial charge in [-0.25, -0.2) is 9.79 Å². The number of carbonyl (C=O) groups excluding carboxylic acids is 1. The van der Waals surface area contributed by atoms with E-state index < -0.39 is 12.0 Å². The SMILES string of the molecule is CCOC(=O)C1=C(C)N=c2s/c(=C\c3cc(Br)ccc3O)c(=O)n2C1c1ccccc1OC(C)C. The van der Waals surface area contributed by atoms with Crippen molar-refractivity contribution in [2.45, 2.75) is 39.8 Å². The molecule has 1 atom stereocenters. The van der Waals surface area contributed by atoms with E-state index in [1.54, 1.807) is 38.1 Å². The molecule has 2 heterocycles. The summed E-state index contributed by atoms with van der Waals surface area (Å²) in [5.74, 6) is 0.0925. The molecule has 182 valence electrons. The molecule has 0 radical (unpaired) electrons. The van der Waals surface area contributed by atoms with Crippen LogP contribution in [0.4, 0.5) is 0 Å². The van der Waals surface area contributed by atoms with E-state index in [1.807, 2.05) is 38.1 Å². The van der Waals surface area contributed by atoms with Gasteiger partial charge in [-0.2, -0.15) is 0 Å². The fraction of sp³-hybridized carbons (Fsp3) is 0.269. The Labute approximate surface area is 214 Å². The number of phenols is 1. The highest BCUT2D eigenvalue weighted by atomic mass is 79.9. The Balaban J connectivity index is 2.00. The third-order valence-electron chi connectivity index (χ3n) is 5.37. The van der Waals surface area contributed by atoms with E-state index in [1.165, 1.54) is 15.9 Å². The molecular formula is C26H25BrN2O5S. The average Bonchev–Trinajstić information content (AvgIpc) is 3.10. The smallest absolute Gasteiger partial charge is 0.338 e. The van der Waals surface area contributed by atoms with Crippen molar-refractivity contribution in [1.29, 1.82) is 0 Å². The number of fused-ring (bicyclic) bond motifs is 1. The first kappa shape index (κ1) is 24.9. The van der Waals surface area contributed by atoms with Crippen LogP contribution in [0.3, 0.4) is 0 Å². The highest BCUT2D eigenvalue weighted by Crippen LogP contribution is 2.36. The molecule has 1 unspecified atom stereocenters. The lowest BCUT2D eigenvalue weighted by Crippen LogP contribution is -2.40. The van der Waals surface area contributed by atoms with Crippen molar-refractivity contribution >= 4 is 39.3 Å². The predicted molar refractivity (Wildman–Crippen MR) is 138 cm³/mol. The largest absolute Gasteiger partial charge is 0.507 e. The number of hydrogen-bond donors (Lipinski definition) is 1. The van der Waals surface area contributed by atoms with E-state index in [-0.39, 0.29) is 29.6 Å². The van der Waals surface area contributed by atoms with Crippen molar-refractivity contribution in [3.05, 3.63) is 89.0 Å². The molecule has 1 N–H and O–H groups in total. The maximum atomic E-state index is 13.7. The number of esters is 1. The maximum Gasteiger partial charge on any atom is 0.338 e. The minimum Gasteiger partial charge on any atom is -0.507 e. The highest BCUT2D eigenvalue weighted by molar-refractivity contribution is 9.10. The number of thiazole rings is 1. The van der Waals surface area contributed by atoms with Gasteiger partial charge in [0.15, 0.2) is 4.80 Å². The topological polar surface area (TPSA) is 90.1 Å². The normalized spacial score (nSPS) is 15.7. The van der Waals surface area contributed by atoms with Crippen LogP contribution in [-0.2, 0) is 9.53 Å². The lowest BCUT2D eigenvalue weighted by Gasteiger charge is -2.26. The number of hydrogen-bond acceptors (Lipinski definition) is 7. The number of allylic oxidation sites excluding steroid dienone is 1. The van der Waals surface area contributed by atoms with Crippen LogP contribution in [0.5, 0.6) is 11.5 Å². The number of benzene rings is 2. The monoisotopic (exact) mass is 556 g/mol. The number of halogens is 1. The van der Waals surface area contributed by atoms with Gasteiger partial charge in [0.2, 0.25) is 0 Å². The fourth-order valence-corrected chi connectivity index (χ4v) is 5.35. The molecule has 0 aliphatic carbocycles. The van der Waals surface area contributed by atoms with Gasteiger partial charge in [0, 0.05) is 15.6 Å². The van der Waals surface area contributed by atoms with E-state index in [0.29, 0.717) is 31.9 Å². The molecule has 0 spiro atoms. The van der Waals surface area contributed by atoms with Crippen LogP contribution < -0.4 is 19.6 Å². The lowest BCUT2D eigenvalue weighted by molar-refractivity contribution is -0.139. The lowest BCUT2D eigenvalue weighted by atomic mass is 9.95. The van der Waals surface area contributed by atoms with Crippen molar-refractivity contribution < 1.29 is 19.4 Å². The summed E-state index contributed by atoms with van der Waals surface area (Å²) >= 11 is 4.59. The van der Waals surface area contributed by atoms with E-state index in [0.717, 1.165) is 4.47 Å². The summed E-state index contributed by atoms with van der Waals surface area (Å²) in [6.07, 6.45) is 1.52. The molecule has 0 bridgehead atoms. The second-order valence-electron chi connectivity index (χ2n) is 8.21. The van der Waals surface area contributed by atoms with Gasteiger partial charge in [0.1, 0.15) is 17.5 Å². The van der Waals surface area contributed by atoms with Crippen LogP contribution in [0.15, 0.2) is 68.0 Å². The van der Waals surface area contributed by atoms with Crippen molar-refractivity contribution in [2.75, 3.05) is 6.61 Å². The predicted octanol–water partition coefficient (Wildman–Crippen LogP) is 4.05. The van der Waals surface area contributed by atoms with Crippen LogP contribution in [0, 0.1) is 0 Å². The minimum absolute atomic E-state index is 0.0506. The van der Waals surface area contributed by atoms with Crippen LogP contribution in [0.2, 0.25) is 0 Å². The van der Waals surface area contributed by atoms with E-state index >= 15 is 0 Å². The van der Waals surface area contributed by atoms with Gasteiger partial charge in [0.05, 0.1) is 28.5 Å². The van der Waals surface area contributed by atoms with Gasteiger partial charge in [-0.1, -0.05) is 45.5 Å². The Hall–Kier alpha value is -3.17. The maximum absolute atomic E-state index is 13.7. The summed E-state index contributed by atoms with van der Waals surface area (Å²) in [7, 11) is 0. The van der Waals surface area contributed by atoms with Gasteiger partial charge in [-0.3, -0.25) is 9.36 Å². The average molecular weight is 557 g/mol. The zero-order chi connectivity index (χ0) is 25.3. The Bertz CT molecular complexity index is 1500. The number of ether oxygens (including phenoxy) is 2. The first-order valence-electron chi connectivity index (χ1n) is 11.1. The van der Waals surface area contributed by atoms with Crippen LogP contribution >= 0.6 is 27.3 Å². The number of phenolic OH excluding ortho intramolecular Hbond substituents is 1. The summed E-state index contributed by atoms with van der Waals surface area (Å²) in [6.45, 7) is 7.50. The molecule has 0 saturated carbocycles. The van der Waals surface area contributed by atoms with Gasteiger partial charge in [-0.05, 0) is 58.0 Å². The molecule has 0 fully saturated rings. The summed E-state index contributed by atoms with van der Waals surface area (Å²) in [6, 6.07) is 11.6. The molecule has 35 heavy (non-hydrogen) atoms. The van der Waals surface area contributed by atoms with Crippen LogP contribution in [0.1, 0.15) is 44.9 Å². The molecule has 4 rings (SSSR count). The first-order chi connectivity index (χ1) is 16.7. The standard InChI is InChI=1S/C26H25BrN2O5S/c1-5-33-25(32)22-15(4)28-26-29(23(22)18-8-6-7-9-20(18)34-14(2)3)24(31)21(35-26)13-16-12-17(27)10-11-19(16)30/h6-14,23,30H,5H2,1-4H3/b21-13-. The second kappa shape index (κ2) is 10.2. The Morgan fingerprint density at radius 2 is 2.03 bits per heavy atom. The number of aromatic nitrogens is 1. The summed E-state index contributed by atoms with van der Waals surface area (Å²) in [5, 5.41) is 10.3. The fourth-order valence-electron chi connectivity index (χ4n) is 3.94. The van der Waals surface area contributed by atoms with Gasteiger partial charge < -0.3 is 14.6 Å². The zero-order valence-corrected chi connectivity index (χ0v) is 22.1. The summed E-state index contributed by atoms with van der Waals surface area (Å²) in [4.78, 5) is 31.9. The molecule has 3 aromatic rings. The van der Waals surface area contributed by atoms with Crippen molar-refractivity contribution in [1.82, 2.24) is 4.57 Å². The third kappa shape index (κ3) is 4.97. The zero-order valence-electron chi connectivity index (χ0n) is 19.7. The molecule has 1 aromatic heterocycles. The van der Waals surface area contributed by atoms with E-state index in [4.69, 9.17) is 9.47 Å². The highest BCUT2D eigenvalue weighted by Gasteiger charge is 2.35. The van der Waals surface area contributed by atoms with Crippen LogP contribution in [-0.4, -0.2) is 28.4 Å². The quantitative estimate of drug-likeness (QED) is 0.462. The molecule has 2 aromatic carbocycles. The number of para-hydroxylation sites is 1. The summed E-state index contributed by atoms with van der Waals surface area (Å²) < 4.78 is 14.1. The van der Waals surface area contributed by atoms with Gasteiger partial charge >= 0.3 is 5.97 Å². The minimum atomic E-state index is -0.779. The molecule has 0 saturated heterocycles. The summed E-state index contributed by atoms with van der Waals surface area (Å²) in [5.41, 5.74) is 1.59. The Morgan fingerprint density at radius 1 is 1.29 bits per heavy atom. The molecule has 1 aliphatic rings. The number of aromatic hydroxyl groups is 1. The van der Waals surface area contributed by atoms with Gasteiger partial charge in [-0.15, -0.1) is 0 Å². The van der Waals surface area contributed by atoms with Crippen molar-refractivity contribution in [2.24, 2.45) is 4.99 Å². The molecule has 1 aliphatic heterocycles. The van der Waals surface area contributed by atoms with Crippen molar-refractivity contribution in [3.63, 3.8) is 0 Å². The van der Waals surface area contributed by atoms with Gasteiger partial charge in [0.25, 0.3) is 5.56 Å². The molecule has 7 nitrogen and oxygen atoms in total. The first-order valence-corrected chi connectivity index (χ1v) is 12.8. The van der Waals surface area contributed by atoms with E-state index in [9.17, 15) is 14.7 Å². The molecule has 0 amide bonds. The molecule has 9 heteroatoms. The number of nitrogens with zero attached hydrogens (tertiary/aromatic N) is 2. The Morgan fingerprint density at radius 3 is 2.74 bits per heavy atom. The second-order valence-corrected chi connectivity index (χ2v) is 10.1. The molecular weight excluding hydrogens is 532 g/mol. The third-order valence-corrected chi connectivity index (χ3v) is 6.85. The number of carbonyl (C=O) groups is 1. The Kier molecular flexibility index (Phi) is 7.28. The van der Waals surface area contributed by atoms with Crippen molar-refractivity contribution in [3.8, 4) is 11.5 Å². The number of rotatable bonds is 6. The van der Waals surface area contributed by atoms with Crippen LogP contribution in [0.25, 0.3) is 6.08 Å².